The van der Waals surface area contributed by atoms with Crippen LogP contribution in [0.2, 0.25) is 0 Å². The molecule has 0 amide bonds. The molecule has 0 aromatic carbocycles. The van der Waals surface area contributed by atoms with Crippen LogP contribution in [0.5, 0.6) is 0 Å². The molecule has 0 aromatic rings. The van der Waals surface area contributed by atoms with Gasteiger partial charge in [0.2, 0.25) is 0 Å². The number of hydrogen-bond acceptors (Lipinski definition) is 3. The van der Waals surface area contributed by atoms with Crippen molar-refractivity contribution in [3.05, 3.63) is 11.8 Å². The lowest BCUT2D eigenvalue weighted by atomic mass is 10.1. The summed E-state index contributed by atoms with van der Waals surface area (Å²) in [6, 6.07) is 0. The molecule has 0 rings (SSSR count). The van der Waals surface area contributed by atoms with Gasteiger partial charge in [-0.1, -0.05) is 0 Å². The highest BCUT2D eigenvalue weighted by molar-refractivity contribution is 5.10. The highest BCUT2D eigenvalue weighted by atomic mass is 15.2. The second-order valence-electron chi connectivity index (χ2n) is 2.50. The summed E-state index contributed by atoms with van der Waals surface area (Å²) >= 11 is 0. The van der Waals surface area contributed by atoms with Crippen molar-refractivity contribution < 1.29 is 0 Å². The minimum atomic E-state index is -0.205. The van der Waals surface area contributed by atoms with Crippen LogP contribution < -0.4 is 16.0 Å². The molecule has 3 heteroatoms. The minimum Gasteiger partial charge on any atom is -0.389 e. The Morgan fingerprint density at radius 1 is 1.18 bits per heavy atom. The molecule has 0 aliphatic heterocycles. The summed E-state index contributed by atoms with van der Waals surface area (Å²) in [6.07, 6.45) is 3.07. The molecule has 0 aliphatic carbocycles. The average Bonchev–Trinajstić information content (AvgIpc) is 2.06. The summed E-state index contributed by atoms with van der Waals surface area (Å²) in [5.74, 6) is 0. The first-order chi connectivity index (χ1) is 5.14. The van der Waals surface area contributed by atoms with Gasteiger partial charge in [-0.3, -0.25) is 10.6 Å². The van der Waals surface area contributed by atoms with Gasteiger partial charge in [-0.05, 0) is 34.0 Å². The number of rotatable bonds is 4. The molecule has 11 heavy (non-hydrogen) atoms. The highest BCUT2D eigenvalue weighted by Crippen LogP contribution is 2.06. The first-order valence-electron chi connectivity index (χ1n) is 3.75. The zero-order valence-electron chi connectivity index (χ0n) is 8.00. The second-order valence-corrected chi connectivity index (χ2v) is 2.50. The predicted molar refractivity (Wildman–Crippen MR) is 48.0 cm³/mol. The van der Waals surface area contributed by atoms with E-state index >= 15 is 0 Å². The molecule has 0 saturated heterocycles. The van der Waals surface area contributed by atoms with Crippen LogP contribution in [0.4, 0.5) is 0 Å². The summed E-state index contributed by atoms with van der Waals surface area (Å²) in [5, 5.41) is 9.39. The predicted octanol–water partition coefficient (Wildman–Crippen LogP) is 0.0678. The van der Waals surface area contributed by atoms with E-state index in [-0.39, 0.29) is 5.66 Å². The standard InChI is InChI=1S/C8H18N3/c1-6-7(9-3)8(2,10-4)11-5/h9-11H,1-5H3. The molecule has 0 bridgehead atoms. The van der Waals surface area contributed by atoms with E-state index in [4.69, 9.17) is 0 Å². The van der Waals surface area contributed by atoms with Crippen molar-refractivity contribution in [2.75, 3.05) is 21.1 Å². The molecule has 0 heterocycles. The first-order valence-corrected chi connectivity index (χ1v) is 3.75. The van der Waals surface area contributed by atoms with E-state index in [0.717, 1.165) is 5.70 Å². The maximum atomic E-state index is 3.16. The molecule has 0 aromatic heterocycles. The fraction of sp³-hybridized carbons (Fsp3) is 0.750. The lowest BCUT2D eigenvalue weighted by Gasteiger charge is -2.31. The second kappa shape index (κ2) is 4.36. The van der Waals surface area contributed by atoms with Crippen LogP contribution in [0.1, 0.15) is 13.8 Å². The Morgan fingerprint density at radius 2 is 1.64 bits per heavy atom. The number of nitrogens with one attached hydrogen (secondary N) is 3. The Balaban J connectivity index is 4.46. The summed E-state index contributed by atoms with van der Waals surface area (Å²) < 4.78 is 0. The van der Waals surface area contributed by atoms with E-state index in [2.05, 4.69) is 29.0 Å². The lowest BCUT2D eigenvalue weighted by molar-refractivity contribution is 0.369. The SMILES string of the molecule is C[C]=C(NC)C(C)(NC)NC. The van der Waals surface area contributed by atoms with E-state index in [0.29, 0.717) is 0 Å². The Kier molecular flexibility index (Phi) is 4.15. The molecule has 0 spiro atoms. The summed E-state index contributed by atoms with van der Waals surface area (Å²) in [4.78, 5) is 0. The Hall–Kier alpha value is -0.540. The van der Waals surface area contributed by atoms with Gasteiger partial charge < -0.3 is 5.32 Å². The van der Waals surface area contributed by atoms with Crippen LogP contribution in [0.15, 0.2) is 5.70 Å². The Bertz CT molecular complexity index is 136. The number of likely N-dealkylation sites (N-methyl/N-ethyl adjacent to an activating group) is 3. The van der Waals surface area contributed by atoms with Gasteiger partial charge in [0.15, 0.2) is 0 Å². The van der Waals surface area contributed by atoms with Gasteiger partial charge in [-0.25, -0.2) is 0 Å². The Morgan fingerprint density at radius 3 is 1.73 bits per heavy atom. The fourth-order valence-corrected chi connectivity index (χ4v) is 1.00. The van der Waals surface area contributed by atoms with E-state index in [1.807, 2.05) is 28.1 Å². The van der Waals surface area contributed by atoms with Gasteiger partial charge in [0.1, 0.15) is 5.66 Å². The average molecular weight is 156 g/mol. The quantitative estimate of drug-likeness (QED) is 0.504. The molecule has 0 fully saturated rings. The molecule has 0 aliphatic rings. The Labute approximate surface area is 69.3 Å². The van der Waals surface area contributed by atoms with Crippen molar-refractivity contribution >= 4 is 0 Å². The number of allylic oxidation sites excluding steroid dienone is 1. The van der Waals surface area contributed by atoms with Crippen molar-refractivity contribution in [3.63, 3.8) is 0 Å². The van der Waals surface area contributed by atoms with E-state index in [1.165, 1.54) is 0 Å². The summed E-state index contributed by atoms with van der Waals surface area (Å²) in [7, 11) is 5.70. The normalized spacial score (nSPS) is 13.4. The summed E-state index contributed by atoms with van der Waals surface area (Å²) in [6.45, 7) is 3.94. The molecular weight excluding hydrogens is 138 g/mol. The van der Waals surface area contributed by atoms with Gasteiger partial charge in [-0.2, -0.15) is 0 Å². The van der Waals surface area contributed by atoms with Crippen molar-refractivity contribution in [2.24, 2.45) is 0 Å². The topological polar surface area (TPSA) is 36.1 Å². The van der Waals surface area contributed by atoms with Crippen molar-refractivity contribution in [3.8, 4) is 0 Å². The minimum absolute atomic E-state index is 0.205. The molecule has 0 atom stereocenters. The van der Waals surface area contributed by atoms with Gasteiger partial charge >= 0.3 is 0 Å². The van der Waals surface area contributed by atoms with Crippen LogP contribution in [-0.2, 0) is 0 Å². The third-order valence-electron chi connectivity index (χ3n) is 2.00. The molecule has 1 radical (unpaired) electrons. The fourth-order valence-electron chi connectivity index (χ4n) is 1.00. The van der Waals surface area contributed by atoms with Gasteiger partial charge in [0.05, 0.1) is 0 Å². The molecule has 3 nitrogen and oxygen atoms in total. The van der Waals surface area contributed by atoms with Gasteiger partial charge in [0, 0.05) is 12.7 Å². The molecule has 0 saturated carbocycles. The maximum Gasteiger partial charge on any atom is 0.107 e. The van der Waals surface area contributed by atoms with E-state index in [1.54, 1.807) is 0 Å². The first kappa shape index (κ1) is 10.5. The zero-order chi connectivity index (χ0) is 8.91. The van der Waals surface area contributed by atoms with Gasteiger partial charge in [0.25, 0.3) is 0 Å². The molecular formula is C8H18N3. The monoisotopic (exact) mass is 156 g/mol. The van der Waals surface area contributed by atoms with Crippen LogP contribution in [0.3, 0.4) is 0 Å². The largest absolute Gasteiger partial charge is 0.389 e. The molecule has 65 valence electrons. The number of hydrogen-bond donors (Lipinski definition) is 3. The van der Waals surface area contributed by atoms with E-state index in [9.17, 15) is 0 Å². The molecule has 0 unspecified atom stereocenters. The highest BCUT2D eigenvalue weighted by Gasteiger charge is 2.22. The van der Waals surface area contributed by atoms with Crippen molar-refractivity contribution in [1.29, 1.82) is 0 Å². The van der Waals surface area contributed by atoms with Crippen LogP contribution in [0.25, 0.3) is 0 Å². The zero-order valence-corrected chi connectivity index (χ0v) is 8.00. The maximum absolute atomic E-state index is 3.16. The molecule has 3 N–H and O–H groups in total. The van der Waals surface area contributed by atoms with Gasteiger partial charge in [-0.15, -0.1) is 0 Å². The van der Waals surface area contributed by atoms with E-state index < -0.39 is 0 Å². The van der Waals surface area contributed by atoms with Crippen LogP contribution in [-0.4, -0.2) is 26.8 Å². The lowest BCUT2D eigenvalue weighted by Crippen LogP contribution is -2.55. The third kappa shape index (κ3) is 2.20. The smallest absolute Gasteiger partial charge is 0.107 e. The van der Waals surface area contributed by atoms with Crippen molar-refractivity contribution in [1.82, 2.24) is 16.0 Å². The van der Waals surface area contributed by atoms with Crippen LogP contribution >= 0.6 is 0 Å². The summed E-state index contributed by atoms with van der Waals surface area (Å²) in [5.41, 5.74) is 0.811. The third-order valence-corrected chi connectivity index (χ3v) is 2.00. The van der Waals surface area contributed by atoms with Crippen molar-refractivity contribution in [2.45, 2.75) is 19.5 Å². The van der Waals surface area contributed by atoms with Crippen LogP contribution in [0, 0.1) is 6.08 Å².